The second-order valence-electron chi connectivity index (χ2n) is 8.87. The normalized spacial score (nSPS) is 15.3. The van der Waals surface area contributed by atoms with Crippen LogP contribution in [0.25, 0.3) is 0 Å². The molecular weight excluding hydrogens is 536 g/mol. The van der Waals surface area contributed by atoms with Gasteiger partial charge in [-0.05, 0) is 49.1 Å². The number of nitrogens with two attached hydrogens (primary N) is 2. The molecule has 1 fully saturated rings. The largest absolute Gasteiger partial charge is 0.381 e. The van der Waals surface area contributed by atoms with Gasteiger partial charge >= 0.3 is 6.03 Å². The molecule has 6 N–H and O–H groups in total. The summed E-state index contributed by atoms with van der Waals surface area (Å²) in [6.07, 6.45) is 4.92. The molecule has 0 aliphatic carbocycles. The highest BCUT2D eigenvalue weighted by atomic mass is 35.5. The molecule has 0 atom stereocenters. The van der Waals surface area contributed by atoms with Crippen molar-refractivity contribution in [2.75, 3.05) is 35.6 Å². The van der Waals surface area contributed by atoms with Crippen molar-refractivity contribution in [1.82, 2.24) is 19.7 Å². The molecule has 196 valence electrons. The van der Waals surface area contributed by atoms with Gasteiger partial charge in [-0.15, -0.1) is 0 Å². The van der Waals surface area contributed by atoms with Crippen molar-refractivity contribution in [3.8, 4) is 0 Å². The maximum Gasteiger partial charge on any atom is 0.333 e. The van der Waals surface area contributed by atoms with E-state index in [-0.39, 0.29) is 27.0 Å². The van der Waals surface area contributed by atoms with E-state index in [2.05, 4.69) is 32.1 Å². The molecule has 3 aromatic rings. The van der Waals surface area contributed by atoms with E-state index in [1.807, 2.05) is 4.72 Å². The number of hydrogen-bond donors (Lipinski definition) is 4. The third kappa shape index (κ3) is 6.42. The maximum absolute atomic E-state index is 12.4. The Labute approximate surface area is 224 Å². The summed E-state index contributed by atoms with van der Waals surface area (Å²) in [7, 11) is -4.14. The summed E-state index contributed by atoms with van der Waals surface area (Å²) in [5.74, 6) is 0.955. The number of piperidine rings is 1. The van der Waals surface area contributed by atoms with E-state index in [0.29, 0.717) is 22.3 Å². The number of carbonyl (C=O) groups is 1. The number of hydrogen-bond acceptors (Lipinski definition) is 10. The maximum atomic E-state index is 12.4. The Morgan fingerprint density at radius 1 is 1.19 bits per heavy atom. The summed E-state index contributed by atoms with van der Waals surface area (Å²) in [6.45, 7) is 4.50. The predicted octanol–water partition coefficient (Wildman–Crippen LogP) is 3.33. The second kappa shape index (κ2) is 11.1. The first-order valence-corrected chi connectivity index (χ1v) is 14.1. The van der Waals surface area contributed by atoms with E-state index in [1.165, 1.54) is 30.1 Å². The highest BCUT2D eigenvalue weighted by molar-refractivity contribution is 7.99. The molecule has 2 aromatic heterocycles. The number of halogens is 1. The zero-order valence-electron chi connectivity index (χ0n) is 20.0. The minimum atomic E-state index is -4.14. The summed E-state index contributed by atoms with van der Waals surface area (Å²) >= 11 is 7.69. The van der Waals surface area contributed by atoms with E-state index in [0.717, 1.165) is 25.9 Å². The van der Waals surface area contributed by atoms with Crippen molar-refractivity contribution >= 4 is 56.7 Å². The third-order valence-electron chi connectivity index (χ3n) is 6.10. The molecule has 1 aliphatic rings. The Balaban J connectivity index is 1.44. The first kappa shape index (κ1) is 26.9. The van der Waals surface area contributed by atoms with E-state index in [1.54, 1.807) is 30.5 Å². The minimum absolute atomic E-state index is 0.139. The van der Waals surface area contributed by atoms with Gasteiger partial charge in [0.1, 0.15) is 10.8 Å². The van der Waals surface area contributed by atoms with Crippen LogP contribution in [0, 0.1) is 5.41 Å². The summed E-state index contributed by atoms with van der Waals surface area (Å²) in [5.41, 5.74) is 12.5. The monoisotopic (exact) mass is 562 g/mol. The van der Waals surface area contributed by atoms with Gasteiger partial charge in [-0.25, -0.2) is 24.5 Å². The van der Waals surface area contributed by atoms with Gasteiger partial charge in [-0.3, -0.25) is 0 Å². The van der Waals surface area contributed by atoms with Crippen molar-refractivity contribution in [3.63, 3.8) is 0 Å². The van der Waals surface area contributed by atoms with Gasteiger partial charge in [0.2, 0.25) is 0 Å². The number of pyridine rings is 1. The predicted molar refractivity (Wildman–Crippen MR) is 144 cm³/mol. The molecule has 1 aromatic carbocycles. The number of nitrogen functional groups attached to an aromatic ring is 1. The van der Waals surface area contributed by atoms with Crippen LogP contribution in [-0.2, 0) is 10.0 Å². The molecule has 1 saturated heterocycles. The van der Waals surface area contributed by atoms with Crippen LogP contribution in [0.5, 0.6) is 0 Å². The molecule has 37 heavy (non-hydrogen) atoms. The summed E-state index contributed by atoms with van der Waals surface area (Å²) < 4.78 is 26.6. The average Bonchev–Trinajstić information content (AvgIpc) is 2.88. The van der Waals surface area contributed by atoms with E-state index < -0.39 is 16.1 Å². The lowest BCUT2D eigenvalue weighted by atomic mass is 9.80. The molecule has 0 unspecified atom stereocenters. The molecule has 4 rings (SSSR count). The molecule has 14 heteroatoms. The van der Waals surface area contributed by atoms with Gasteiger partial charge in [0, 0.05) is 24.2 Å². The van der Waals surface area contributed by atoms with Gasteiger partial charge in [0.15, 0.2) is 10.8 Å². The second-order valence-corrected chi connectivity index (χ2v) is 11.9. The number of aromatic nitrogens is 3. The van der Waals surface area contributed by atoms with Gasteiger partial charge in [0.05, 0.1) is 16.9 Å². The smallest absolute Gasteiger partial charge is 0.333 e. The van der Waals surface area contributed by atoms with Crippen molar-refractivity contribution in [3.05, 3.63) is 53.8 Å². The number of nitrogens with zero attached hydrogens (tertiary/aromatic N) is 4. The molecule has 11 nitrogen and oxygen atoms in total. The van der Waals surface area contributed by atoms with Crippen LogP contribution in [0.2, 0.25) is 5.02 Å². The molecule has 0 saturated carbocycles. The van der Waals surface area contributed by atoms with Crippen LogP contribution in [-0.4, -0.2) is 49.0 Å². The number of anilines is 3. The van der Waals surface area contributed by atoms with Crippen LogP contribution in [0.1, 0.15) is 19.8 Å². The fourth-order valence-corrected chi connectivity index (χ4v) is 5.67. The van der Waals surface area contributed by atoms with Crippen molar-refractivity contribution in [2.24, 2.45) is 11.1 Å². The van der Waals surface area contributed by atoms with E-state index >= 15 is 0 Å². The zero-order chi connectivity index (χ0) is 26.6. The zero-order valence-corrected chi connectivity index (χ0v) is 22.4. The highest BCUT2D eigenvalue weighted by Crippen LogP contribution is 2.39. The molecule has 0 spiro atoms. The SMILES string of the molecule is CC1(CN)CCN(c2cnc(Sc3cccc(NC(=O)NS(=O)(=O)c4ccccn4)c3Cl)c(N)n2)CC1. The van der Waals surface area contributed by atoms with Crippen LogP contribution in [0.3, 0.4) is 0 Å². The summed E-state index contributed by atoms with van der Waals surface area (Å²) in [6, 6.07) is 8.30. The Morgan fingerprint density at radius 3 is 2.59 bits per heavy atom. The van der Waals surface area contributed by atoms with E-state index in [4.69, 9.17) is 23.1 Å². The Kier molecular flexibility index (Phi) is 8.07. The quantitative estimate of drug-likeness (QED) is 0.335. The third-order valence-corrected chi connectivity index (χ3v) is 8.93. The van der Waals surface area contributed by atoms with Crippen LogP contribution >= 0.6 is 23.4 Å². The number of urea groups is 1. The van der Waals surface area contributed by atoms with Gasteiger partial charge < -0.3 is 21.7 Å². The molecular formula is C23H27ClN8O3S2. The lowest BCUT2D eigenvalue weighted by molar-refractivity contribution is 0.256. The highest BCUT2D eigenvalue weighted by Gasteiger charge is 2.29. The first-order valence-electron chi connectivity index (χ1n) is 11.4. The van der Waals surface area contributed by atoms with Crippen LogP contribution in [0.4, 0.5) is 22.1 Å². The standard InChI is InChI=1S/C23H27ClN8O3S2/c1-23(14-25)8-11-32(12-9-23)17-13-28-21(20(26)30-17)36-16-6-4-5-15(19(16)24)29-22(33)31-37(34,35)18-7-2-3-10-27-18/h2-7,10,13H,8-9,11-12,14,25H2,1H3,(H2,26,30)(H2,29,31,33). The number of nitrogens with one attached hydrogen (secondary N) is 2. The van der Waals surface area contributed by atoms with Crippen molar-refractivity contribution < 1.29 is 13.2 Å². The summed E-state index contributed by atoms with van der Waals surface area (Å²) in [5, 5.41) is 2.82. The Hall–Kier alpha value is -3.13. The first-order chi connectivity index (χ1) is 17.6. The number of carbonyl (C=O) groups excluding carboxylic acids is 1. The van der Waals surface area contributed by atoms with Gasteiger partial charge in [-0.2, -0.15) is 8.42 Å². The fraction of sp³-hybridized carbons (Fsp3) is 0.304. The summed E-state index contributed by atoms with van der Waals surface area (Å²) in [4.78, 5) is 27.8. The van der Waals surface area contributed by atoms with Crippen molar-refractivity contribution in [2.45, 2.75) is 34.7 Å². The van der Waals surface area contributed by atoms with E-state index in [9.17, 15) is 13.2 Å². The average molecular weight is 563 g/mol. The molecule has 2 amide bonds. The van der Waals surface area contributed by atoms with Crippen LogP contribution in [0.15, 0.2) is 63.7 Å². The molecule has 0 bridgehead atoms. The van der Waals surface area contributed by atoms with Gasteiger partial charge in [-0.1, -0.05) is 42.4 Å². The Bertz CT molecular complexity index is 1380. The number of sulfonamides is 1. The lowest BCUT2D eigenvalue weighted by Crippen LogP contribution is -2.42. The number of rotatable bonds is 7. The van der Waals surface area contributed by atoms with Crippen LogP contribution < -0.4 is 26.4 Å². The molecule has 1 aliphatic heterocycles. The van der Waals surface area contributed by atoms with Crippen molar-refractivity contribution in [1.29, 1.82) is 0 Å². The topological polar surface area (TPSA) is 169 Å². The number of amides is 2. The molecule has 3 heterocycles. The van der Waals surface area contributed by atoms with Gasteiger partial charge in [0.25, 0.3) is 10.0 Å². The lowest BCUT2D eigenvalue weighted by Gasteiger charge is -2.39. The molecule has 0 radical (unpaired) electrons. The number of benzene rings is 1. The Morgan fingerprint density at radius 2 is 1.95 bits per heavy atom. The minimum Gasteiger partial charge on any atom is -0.381 e. The fourth-order valence-electron chi connectivity index (χ4n) is 3.71.